The van der Waals surface area contributed by atoms with Crippen LogP contribution >= 0.6 is 0 Å². The molecule has 1 atom stereocenters. The van der Waals surface area contributed by atoms with Gasteiger partial charge in [-0.2, -0.15) is 0 Å². The number of ether oxygens (including phenoxy) is 2. The van der Waals surface area contributed by atoms with E-state index in [0.29, 0.717) is 6.04 Å². The van der Waals surface area contributed by atoms with Crippen molar-refractivity contribution in [3.8, 4) is 0 Å². The second-order valence-corrected chi connectivity index (χ2v) is 4.88. The molecule has 0 amide bonds. The zero-order valence-electron chi connectivity index (χ0n) is 9.21. The van der Waals surface area contributed by atoms with E-state index in [2.05, 4.69) is 19.2 Å². The topological polar surface area (TPSA) is 30.5 Å². The van der Waals surface area contributed by atoms with Crippen molar-refractivity contribution in [2.24, 2.45) is 5.92 Å². The minimum atomic E-state index is 0.0210. The fraction of sp³-hybridized carbons (Fsp3) is 1.00. The number of nitrogens with one attached hydrogen (secondary N) is 1. The van der Waals surface area contributed by atoms with E-state index in [0.717, 1.165) is 32.3 Å². The highest BCUT2D eigenvalue weighted by molar-refractivity contribution is 5.00. The Morgan fingerprint density at radius 3 is 2.79 bits per heavy atom. The van der Waals surface area contributed by atoms with E-state index in [4.69, 9.17) is 9.47 Å². The van der Waals surface area contributed by atoms with E-state index in [1.54, 1.807) is 0 Å². The van der Waals surface area contributed by atoms with Crippen LogP contribution in [0.5, 0.6) is 0 Å². The SMILES string of the molecule is CC(C)CCC1NCCOC12COC2. The fourth-order valence-electron chi connectivity index (χ4n) is 2.23. The monoisotopic (exact) mass is 199 g/mol. The molecule has 3 heteroatoms. The third-order valence-electron chi connectivity index (χ3n) is 3.24. The van der Waals surface area contributed by atoms with Crippen LogP contribution in [0.3, 0.4) is 0 Å². The molecule has 2 heterocycles. The van der Waals surface area contributed by atoms with E-state index in [1.807, 2.05) is 0 Å². The standard InChI is InChI=1S/C11H21NO2/c1-9(2)3-4-10-11(7-13-8-11)14-6-5-12-10/h9-10,12H,3-8H2,1-2H3. The Kier molecular flexibility index (Phi) is 3.10. The van der Waals surface area contributed by atoms with Crippen LogP contribution < -0.4 is 5.32 Å². The summed E-state index contributed by atoms with van der Waals surface area (Å²) in [6, 6.07) is 0.507. The summed E-state index contributed by atoms with van der Waals surface area (Å²) in [6.07, 6.45) is 2.48. The second kappa shape index (κ2) is 4.17. The number of hydrogen-bond donors (Lipinski definition) is 1. The van der Waals surface area contributed by atoms with Crippen molar-refractivity contribution in [1.82, 2.24) is 5.32 Å². The first kappa shape index (κ1) is 10.4. The second-order valence-electron chi connectivity index (χ2n) is 4.88. The third-order valence-corrected chi connectivity index (χ3v) is 3.24. The first-order valence-corrected chi connectivity index (χ1v) is 5.68. The van der Waals surface area contributed by atoms with Gasteiger partial charge in [-0.1, -0.05) is 13.8 Å². The van der Waals surface area contributed by atoms with Crippen LogP contribution in [-0.2, 0) is 9.47 Å². The molecular weight excluding hydrogens is 178 g/mol. The molecule has 3 nitrogen and oxygen atoms in total. The Morgan fingerprint density at radius 2 is 2.21 bits per heavy atom. The molecule has 14 heavy (non-hydrogen) atoms. The molecule has 1 spiro atoms. The van der Waals surface area contributed by atoms with Crippen molar-refractivity contribution in [3.05, 3.63) is 0 Å². The highest BCUT2D eigenvalue weighted by atomic mass is 16.6. The van der Waals surface area contributed by atoms with Gasteiger partial charge in [0.25, 0.3) is 0 Å². The van der Waals surface area contributed by atoms with Gasteiger partial charge in [-0.15, -0.1) is 0 Å². The van der Waals surface area contributed by atoms with E-state index < -0.39 is 0 Å². The average molecular weight is 199 g/mol. The fourth-order valence-corrected chi connectivity index (χ4v) is 2.23. The minimum Gasteiger partial charge on any atom is -0.375 e. The lowest BCUT2D eigenvalue weighted by molar-refractivity contribution is -0.238. The summed E-state index contributed by atoms with van der Waals surface area (Å²) >= 11 is 0. The molecule has 2 aliphatic heterocycles. The Balaban J connectivity index is 1.87. The lowest BCUT2D eigenvalue weighted by Crippen LogP contribution is -2.68. The highest BCUT2D eigenvalue weighted by Gasteiger charge is 2.48. The van der Waals surface area contributed by atoms with Crippen LogP contribution in [0.1, 0.15) is 26.7 Å². The van der Waals surface area contributed by atoms with Gasteiger partial charge < -0.3 is 14.8 Å². The van der Waals surface area contributed by atoms with Crippen molar-refractivity contribution < 1.29 is 9.47 Å². The molecule has 2 rings (SSSR count). The predicted molar refractivity (Wildman–Crippen MR) is 55.4 cm³/mol. The maximum Gasteiger partial charge on any atom is 0.130 e. The summed E-state index contributed by atoms with van der Waals surface area (Å²) in [5, 5.41) is 3.56. The van der Waals surface area contributed by atoms with Gasteiger partial charge in [-0.05, 0) is 18.8 Å². The highest BCUT2D eigenvalue weighted by Crippen LogP contribution is 2.31. The zero-order valence-corrected chi connectivity index (χ0v) is 9.21. The molecule has 0 aromatic rings. The molecule has 1 N–H and O–H groups in total. The molecule has 0 radical (unpaired) electrons. The van der Waals surface area contributed by atoms with Gasteiger partial charge >= 0.3 is 0 Å². The first-order valence-electron chi connectivity index (χ1n) is 5.68. The van der Waals surface area contributed by atoms with Gasteiger partial charge in [0.15, 0.2) is 0 Å². The Labute approximate surface area is 86.2 Å². The molecule has 2 aliphatic rings. The van der Waals surface area contributed by atoms with Gasteiger partial charge in [0.05, 0.1) is 19.8 Å². The van der Waals surface area contributed by atoms with E-state index in [1.165, 1.54) is 12.8 Å². The van der Waals surface area contributed by atoms with Crippen LogP contribution in [0.25, 0.3) is 0 Å². The van der Waals surface area contributed by atoms with Crippen molar-refractivity contribution >= 4 is 0 Å². The van der Waals surface area contributed by atoms with Crippen molar-refractivity contribution in [2.75, 3.05) is 26.4 Å². The van der Waals surface area contributed by atoms with E-state index in [9.17, 15) is 0 Å². The predicted octanol–water partition coefficient (Wildman–Crippen LogP) is 1.18. The van der Waals surface area contributed by atoms with Crippen LogP contribution in [0.15, 0.2) is 0 Å². The average Bonchev–Trinajstić information content (AvgIpc) is 2.12. The molecule has 1 unspecified atom stereocenters. The maximum atomic E-state index is 5.86. The Bertz CT molecular complexity index is 190. The molecule has 2 saturated heterocycles. The molecule has 0 aromatic heterocycles. The van der Waals surface area contributed by atoms with Crippen molar-refractivity contribution in [2.45, 2.75) is 38.3 Å². The van der Waals surface area contributed by atoms with Crippen LogP contribution in [0.2, 0.25) is 0 Å². The van der Waals surface area contributed by atoms with Gasteiger partial charge in [-0.25, -0.2) is 0 Å². The van der Waals surface area contributed by atoms with Gasteiger partial charge in [0.2, 0.25) is 0 Å². The van der Waals surface area contributed by atoms with Crippen LogP contribution in [0.4, 0.5) is 0 Å². The third kappa shape index (κ3) is 1.95. The van der Waals surface area contributed by atoms with Crippen molar-refractivity contribution in [1.29, 1.82) is 0 Å². The molecule has 82 valence electrons. The van der Waals surface area contributed by atoms with Gasteiger partial charge in [0, 0.05) is 12.6 Å². The number of morpholine rings is 1. The summed E-state index contributed by atoms with van der Waals surface area (Å²) in [4.78, 5) is 0. The summed E-state index contributed by atoms with van der Waals surface area (Å²) in [5.74, 6) is 0.775. The van der Waals surface area contributed by atoms with Crippen molar-refractivity contribution in [3.63, 3.8) is 0 Å². The lowest BCUT2D eigenvalue weighted by Gasteiger charge is -2.50. The summed E-state index contributed by atoms with van der Waals surface area (Å²) < 4.78 is 11.1. The summed E-state index contributed by atoms with van der Waals surface area (Å²) in [6.45, 7) is 7.93. The molecule has 2 fully saturated rings. The number of rotatable bonds is 3. The lowest BCUT2D eigenvalue weighted by atomic mass is 9.86. The largest absolute Gasteiger partial charge is 0.375 e. The van der Waals surface area contributed by atoms with Gasteiger partial charge in [-0.3, -0.25) is 0 Å². The molecule has 0 bridgehead atoms. The molecule has 0 saturated carbocycles. The number of hydrogen-bond acceptors (Lipinski definition) is 3. The van der Waals surface area contributed by atoms with E-state index >= 15 is 0 Å². The molecule has 0 aliphatic carbocycles. The Morgan fingerprint density at radius 1 is 1.43 bits per heavy atom. The zero-order chi connectivity index (χ0) is 10.0. The minimum absolute atomic E-state index is 0.0210. The molecule has 0 aromatic carbocycles. The van der Waals surface area contributed by atoms with Crippen LogP contribution in [0, 0.1) is 5.92 Å². The first-order chi connectivity index (χ1) is 6.73. The Hall–Kier alpha value is -0.120. The van der Waals surface area contributed by atoms with Crippen LogP contribution in [-0.4, -0.2) is 38.0 Å². The van der Waals surface area contributed by atoms with E-state index in [-0.39, 0.29) is 5.60 Å². The normalized spacial score (nSPS) is 30.6. The smallest absolute Gasteiger partial charge is 0.130 e. The summed E-state index contributed by atoms with van der Waals surface area (Å²) in [5.41, 5.74) is 0.0210. The maximum absolute atomic E-state index is 5.86. The summed E-state index contributed by atoms with van der Waals surface area (Å²) in [7, 11) is 0. The molecular formula is C11H21NO2. The quantitative estimate of drug-likeness (QED) is 0.740. The van der Waals surface area contributed by atoms with Gasteiger partial charge in [0.1, 0.15) is 5.60 Å².